The van der Waals surface area contributed by atoms with Crippen LogP contribution in [-0.2, 0) is 16.1 Å². The van der Waals surface area contributed by atoms with Crippen molar-refractivity contribution in [2.75, 3.05) is 19.7 Å². The lowest BCUT2D eigenvalue weighted by molar-refractivity contribution is -0.149. The number of fused-ring (bicyclic) bond motifs is 1. The number of aryl methyl sites for hydroxylation is 2. The fourth-order valence-electron chi connectivity index (χ4n) is 3.35. The molecule has 0 bridgehead atoms. The molecule has 0 saturated carbocycles. The number of hydrogen-bond donors (Lipinski definition) is 0. The van der Waals surface area contributed by atoms with Crippen molar-refractivity contribution in [2.45, 2.75) is 40.2 Å². The molecule has 0 radical (unpaired) electrons. The third-order valence-electron chi connectivity index (χ3n) is 4.78. The van der Waals surface area contributed by atoms with Crippen LogP contribution in [0.3, 0.4) is 0 Å². The fourth-order valence-corrected chi connectivity index (χ4v) is 4.45. The number of nitrogens with zero attached hydrogens (tertiary/aromatic N) is 3. The van der Waals surface area contributed by atoms with E-state index in [4.69, 9.17) is 4.74 Å². The average molecular weight is 377 g/mol. The van der Waals surface area contributed by atoms with Crippen LogP contribution in [-0.4, -0.2) is 46.0 Å². The zero-order valence-electron chi connectivity index (χ0n) is 15.3. The highest BCUT2D eigenvalue weighted by molar-refractivity contribution is 7.20. The molecule has 8 heteroatoms. The Balaban J connectivity index is 1.90. The van der Waals surface area contributed by atoms with Gasteiger partial charge in [-0.2, -0.15) is 0 Å². The molecule has 2 aromatic heterocycles. The van der Waals surface area contributed by atoms with Gasteiger partial charge in [0.2, 0.25) is 0 Å². The molecule has 140 valence electrons. The SMILES string of the molecule is CCOC(=O)C1CCCN(C(=O)c2sc3ncn(CC)c(=O)c3c2C)C1. The third kappa shape index (κ3) is 3.25. The third-order valence-corrected chi connectivity index (χ3v) is 5.97. The van der Waals surface area contributed by atoms with Gasteiger partial charge in [-0.3, -0.25) is 19.0 Å². The zero-order valence-corrected chi connectivity index (χ0v) is 16.1. The minimum atomic E-state index is -0.280. The first kappa shape index (κ1) is 18.6. The van der Waals surface area contributed by atoms with Crippen LogP contribution < -0.4 is 5.56 Å². The number of thiophene rings is 1. The molecule has 0 spiro atoms. The van der Waals surface area contributed by atoms with Gasteiger partial charge in [-0.15, -0.1) is 11.3 Å². The standard InChI is InChI=1S/C18H23N3O4S/c1-4-20-10-19-15-13(16(20)22)11(3)14(26-15)17(23)21-8-6-7-12(9-21)18(24)25-5-2/h10,12H,4-9H2,1-3H3. The van der Waals surface area contributed by atoms with Crippen LogP contribution in [0.5, 0.6) is 0 Å². The van der Waals surface area contributed by atoms with Gasteiger partial charge in [-0.05, 0) is 39.2 Å². The second-order valence-electron chi connectivity index (χ2n) is 6.41. The van der Waals surface area contributed by atoms with E-state index in [1.54, 1.807) is 18.7 Å². The molecule has 0 N–H and O–H groups in total. The van der Waals surface area contributed by atoms with Gasteiger partial charge in [0.05, 0.1) is 29.1 Å². The minimum absolute atomic E-state index is 0.117. The van der Waals surface area contributed by atoms with Gasteiger partial charge in [0, 0.05) is 19.6 Å². The molecule has 3 heterocycles. The van der Waals surface area contributed by atoms with Crippen molar-refractivity contribution in [3.63, 3.8) is 0 Å². The van der Waals surface area contributed by atoms with Gasteiger partial charge < -0.3 is 9.64 Å². The first-order chi connectivity index (χ1) is 12.5. The predicted molar refractivity (Wildman–Crippen MR) is 99.6 cm³/mol. The van der Waals surface area contributed by atoms with Crippen LogP contribution in [0, 0.1) is 12.8 Å². The maximum absolute atomic E-state index is 13.0. The number of likely N-dealkylation sites (tertiary alicyclic amines) is 1. The summed E-state index contributed by atoms with van der Waals surface area (Å²) in [6, 6.07) is 0. The molecule has 1 saturated heterocycles. The highest BCUT2D eigenvalue weighted by atomic mass is 32.1. The molecule has 3 rings (SSSR count). The minimum Gasteiger partial charge on any atom is -0.466 e. The van der Waals surface area contributed by atoms with Crippen molar-refractivity contribution in [1.29, 1.82) is 0 Å². The molecule has 1 fully saturated rings. The summed E-state index contributed by atoms with van der Waals surface area (Å²) in [7, 11) is 0. The molecular formula is C18H23N3O4S. The quantitative estimate of drug-likeness (QED) is 0.763. The summed E-state index contributed by atoms with van der Waals surface area (Å²) < 4.78 is 6.64. The number of amides is 1. The van der Waals surface area contributed by atoms with Crippen molar-refractivity contribution in [3.05, 3.63) is 27.1 Å². The molecule has 0 aromatic carbocycles. The van der Waals surface area contributed by atoms with E-state index in [0.29, 0.717) is 46.9 Å². The summed E-state index contributed by atoms with van der Waals surface area (Å²) >= 11 is 1.25. The zero-order chi connectivity index (χ0) is 18.8. The molecule has 1 unspecified atom stereocenters. The fraction of sp³-hybridized carbons (Fsp3) is 0.556. The number of ether oxygens (including phenoxy) is 1. The number of rotatable bonds is 4. The van der Waals surface area contributed by atoms with Gasteiger partial charge in [0.15, 0.2) is 0 Å². The Morgan fingerprint density at radius 2 is 2.15 bits per heavy atom. The summed E-state index contributed by atoms with van der Waals surface area (Å²) in [6.07, 6.45) is 3.02. The van der Waals surface area contributed by atoms with Crippen LogP contribution in [0.1, 0.15) is 41.9 Å². The topological polar surface area (TPSA) is 81.5 Å². The molecule has 0 aliphatic carbocycles. The van der Waals surface area contributed by atoms with Gasteiger partial charge in [0.1, 0.15) is 4.83 Å². The average Bonchev–Trinajstić information content (AvgIpc) is 2.99. The van der Waals surface area contributed by atoms with E-state index in [2.05, 4.69) is 4.98 Å². The summed E-state index contributed by atoms with van der Waals surface area (Å²) in [6.45, 7) is 7.29. The maximum Gasteiger partial charge on any atom is 0.310 e. The molecule has 1 amide bonds. The summed E-state index contributed by atoms with van der Waals surface area (Å²) in [5.74, 6) is -0.662. The lowest BCUT2D eigenvalue weighted by atomic mass is 9.98. The second-order valence-corrected chi connectivity index (χ2v) is 7.41. The monoisotopic (exact) mass is 377 g/mol. The Morgan fingerprint density at radius 1 is 1.38 bits per heavy atom. The first-order valence-electron chi connectivity index (χ1n) is 8.92. The van der Waals surface area contributed by atoms with Crippen molar-refractivity contribution < 1.29 is 14.3 Å². The molecule has 1 aliphatic heterocycles. The number of piperidine rings is 1. The van der Waals surface area contributed by atoms with E-state index < -0.39 is 0 Å². The highest BCUT2D eigenvalue weighted by Gasteiger charge is 2.31. The van der Waals surface area contributed by atoms with Gasteiger partial charge in [0.25, 0.3) is 11.5 Å². The smallest absolute Gasteiger partial charge is 0.310 e. The van der Waals surface area contributed by atoms with Crippen LogP contribution in [0.25, 0.3) is 10.2 Å². The van der Waals surface area contributed by atoms with E-state index in [-0.39, 0.29) is 23.4 Å². The largest absolute Gasteiger partial charge is 0.466 e. The molecule has 26 heavy (non-hydrogen) atoms. The Kier molecular flexibility index (Phi) is 5.41. The lowest BCUT2D eigenvalue weighted by Gasteiger charge is -2.31. The number of aromatic nitrogens is 2. The van der Waals surface area contributed by atoms with Crippen molar-refractivity contribution in [2.24, 2.45) is 5.92 Å². The van der Waals surface area contributed by atoms with Gasteiger partial charge in [-0.25, -0.2) is 4.98 Å². The van der Waals surface area contributed by atoms with Crippen LogP contribution >= 0.6 is 11.3 Å². The van der Waals surface area contributed by atoms with E-state index in [9.17, 15) is 14.4 Å². The van der Waals surface area contributed by atoms with Crippen LogP contribution in [0.4, 0.5) is 0 Å². The van der Waals surface area contributed by atoms with E-state index >= 15 is 0 Å². The van der Waals surface area contributed by atoms with Gasteiger partial charge >= 0.3 is 5.97 Å². The summed E-state index contributed by atoms with van der Waals surface area (Å²) in [5, 5.41) is 0.515. The van der Waals surface area contributed by atoms with Gasteiger partial charge in [-0.1, -0.05) is 0 Å². The summed E-state index contributed by atoms with van der Waals surface area (Å²) in [5.41, 5.74) is 0.557. The second kappa shape index (κ2) is 7.57. The van der Waals surface area contributed by atoms with Crippen LogP contribution in [0.2, 0.25) is 0 Å². The van der Waals surface area contributed by atoms with E-state index in [1.807, 2.05) is 6.92 Å². The van der Waals surface area contributed by atoms with Crippen molar-refractivity contribution in [3.8, 4) is 0 Å². The van der Waals surface area contributed by atoms with E-state index in [0.717, 1.165) is 12.8 Å². The Labute approximate surface area is 155 Å². The number of carbonyl (C=O) groups is 2. The van der Waals surface area contributed by atoms with Crippen molar-refractivity contribution in [1.82, 2.24) is 14.5 Å². The lowest BCUT2D eigenvalue weighted by Crippen LogP contribution is -2.42. The highest BCUT2D eigenvalue weighted by Crippen LogP contribution is 2.29. The number of hydrogen-bond acceptors (Lipinski definition) is 6. The molecular weight excluding hydrogens is 354 g/mol. The molecule has 1 atom stereocenters. The first-order valence-corrected chi connectivity index (χ1v) is 9.74. The molecule has 2 aromatic rings. The van der Waals surface area contributed by atoms with Crippen LogP contribution in [0.15, 0.2) is 11.1 Å². The molecule has 1 aliphatic rings. The van der Waals surface area contributed by atoms with E-state index in [1.165, 1.54) is 22.2 Å². The normalized spacial score (nSPS) is 17.5. The number of carbonyl (C=O) groups excluding carboxylic acids is 2. The summed E-state index contributed by atoms with van der Waals surface area (Å²) in [4.78, 5) is 44.7. The number of esters is 1. The maximum atomic E-state index is 13.0. The van der Waals surface area contributed by atoms with Crippen molar-refractivity contribution >= 4 is 33.4 Å². The molecule has 7 nitrogen and oxygen atoms in total. The Hall–Kier alpha value is -2.22. The predicted octanol–water partition coefficient (Wildman–Crippen LogP) is 2.20. The Bertz CT molecular complexity index is 902. The Morgan fingerprint density at radius 3 is 2.85 bits per heavy atom.